The number of rotatable bonds is 3. The van der Waals surface area contributed by atoms with Crippen LogP contribution in [0.5, 0.6) is 0 Å². The summed E-state index contributed by atoms with van der Waals surface area (Å²) in [5.41, 5.74) is 0.932. The molecule has 1 atom stereocenters. The summed E-state index contributed by atoms with van der Waals surface area (Å²) in [6.07, 6.45) is 0.284. The van der Waals surface area contributed by atoms with Gasteiger partial charge in [0, 0.05) is 26.2 Å². The van der Waals surface area contributed by atoms with Gasteiger partial charge in [0.05, 0.1) is 6.10 Å². The van der Waals surface area contributed by atoms with Crippen LogP contribution in [0.1, 0.15) is 12.6 Å². The van der Waals surface area contributed by atoms with Crippen molar-refractivity contribution in [1.82, 2.24) is 4.98 Å². The largest absolute Gasteiger partial charge is 0.393 e. The van der Waals surface area contributed by atoms with E-state index in [0.717, 1.165) is 11.5 Å². The summed E-state index contributed by atoms with van der Waals surface area (Å²) in [5.74, 6) is 0.929. The van der Waals surface area contributed by atoms with Crippen molar-refractivity contribution >= 4 is 5.82 Å². The van der Waals surface area contributed by atoms with Gasteiger partial charge in [-0.1, -0.05) is 6.07 Å². The molecule has 0 amide bonds. The maximum atomic E-state index is 9.18. The molecule has 3 nitrogen and oxygen atoms in total. The summed E-state index contributed by atoms with van der Waals surface area (Å²) in [7, 11) is 3.91. The third kappa shape index (κ3) is 3.03. The predicted molar refractivity (Wildman–Crippen MR) is 53.9 cm³/mol. The van der Waals surface area contributed by atoms with E-state index in [1.54, 1.807) is 6.92 Å². The Hall–Kier alpha value is -1.09. The highest BCUT2D eigenvalue weighted by Gasteiger charge is 2.02. The van der Waals surface area contributed by atoms with E-state index in [4.69, 9.17) is 0 Å². The first-order valence-corrected chi connectivity index (χ1v) is 4.41. The third-order valence-electron chi connectivity index (χ3n) is 1.75. The predicted octanol–water partition coefficient (Wildman–Crippen LogP) is 1.07. The first-order valence-electron chi connectivity index (χ1n) is 4.41. The Kier molecular flexibility index (Phi) is 3.25. The average molecular weight is 180 g/mol. The van der Waals surface area contributed by atoms with Crippen LogP contribution in [0.25, 0.3) is 0 Å². The van der Waals surface area contributed by atoms with Crippen molar-refractivity contribution in [2.75, 3.05) is 19.0 Å². The van der Waals surface area contributed by atoms with Gasteiger partial charge < -0.3 is 10.0 Å². The number of aromatic nitrogens is 1. The van der Waals surface area contributed by atoms with E-state index in [1.807, 2.05) is 37.2 Å². The molecule has 1 heterocycles. The quantitative estimate of drug-likeness (QED) is 0.756. The van der Waals surface area contributed by atoms with Gasteiger partial charge in [0.25, 0.3) is 0 Å². The van der Waals surface area contributed by atoms with Crippen LogP contribution in [0.3, 0.4) is 0 Å². The van der Waals surface area contributed by atoms with Gasteiger partial charge in [0.2, 0.25) is 0 Å². The summed E-state index contributed by atoms with van der Waals surface area (Å²) in [4.78, 5) is 6.33. The van der Waals surface area contributed by atoms with Crippen LogP contribution in [0.2, 0.25) is 0 Å². The molecule has 1 aromatic rings. The van der Waals surface area contributed by atoms with Gasteiger partial charge in [0.15, 0.2) is 0 Å². The molecule has 0 saturated carbocycles. The second-order valence-electron chi connectivity index (χ2n) is 3.43. The normalized spacial score (nSPS) is 12.6. The average Bonchev–Trinajstić information content (AvgIpc) is 2.03. The zero-order chi connectivity index (χ0) is 9.84. The number of hydrogen-bond acceptors (Lipinski definition) is 3. The topological polar surface area (TPSA) is 36.4 Å². The monoisotopic (exact) mass is 180 g/mol. The van der Waals surface area contributed by atoms with Gasteiger partial charge in [-0.15, -0.1) is 0 Å². The molecular weight excluding hydrogens is 164 g/mol. The van der Waals surface area contributed by atoms with Crippen molar-refractivity contribution in [3.63, 3.8) is 0 Å². The summed E-state index contributed by atoms with van der Waals surface area (Å²) in [6.45, 7) is 1.77. The maximum Gasteiger partial charge on any atom is 0.128 e. The zero-order valence-corrected chi connectivity index (χ0v) is 8.36. The van der Waals surface area contributed by atoms with Crippen LogP contribution in [-0.4, -0.2) is 30.3 Å². The third-order valence-corrected chi connectivity index (χ3v) is 1.75. The lowest BCUT2D eigenvalue weighted by Crippen LogP contribution is -2.13. The van der Waals surface area contributed by atoms with E-state index in [-0.39, 0.29) is 6.10 Å². The minimum atomic E-state index is -0.329. The Morgan fingerprint density at radius 3 is 2.69 bits per heavy atom. The highest BCUT2D eigenvalue weighted by atomic mass is 16.3. The SMILES string of the molecule is CC(O)Cc1cccc(N(C)C)n1. The Balaban J connectivity index is 2.79. The first kappa shape index (κ1) is 9.99. The molecule has 13 heavy (non-hydrogen) atoms. The van der Waals surface area contributed by atoms with E-state index in [9.17, 15) is 5.11 Å². The fourth-order valence-corrected chi connectivity index (χ4v) is 1.13. The van der Waals surface area contributed by atoms with E-state index in [0.29, 0.717) is 6.42 Å². The lowest BCUT2D eigenvalue weighted by Gasteiger charge is -2.12. The molecule has 0 aliphatic heterocycles. The second kappa shape index (κ2) is 4.23. The Bertz CT molecular complexity index is 271. The standard InChI is InChI=1S/C10H16N2O/c1-8(13)7-9-5-4-6-10(11-9)12(2)3/h4-6,8,13H,7H2,1-3H3. The van der Waals surface area contributed by atoms with Crippen LogP contribution >= 0.6 is 0 Å². The van der Waals surface area contributed by atoms with Crippen molar-refractivity contribution in [1.29, 1.82) is 0 Å². The van der Waals surface area contributed by atoms with Gasteiger partial charge in [-0.2, -0.15) is 0 Å². The molecule has 0 radical (unpaired) electrons. The van der Waals surface area contributed by atoms with Gasteiger partial charge in [-0.25, -0.2) is 4.98 Å². The van der Waals surface area contributed by atoms with Crippen LogP contribution in [0.15, 0.2) is 18.2 Å². The summed E-state index contributed by atoms with van der Waals surface area (Å²) < 4.78 is 0. The van der Waals surface area contributed by atoms with Gasteiger partial charge >= 0.3 is 0 Å². The van der Waals surface area contributed by atoms with Crippen LogP contribution in [-0.2, 0) is 6.42 Å². The molecule has 0 aromatic carbocycles. The van der Waals surface area contributed by atoms with E-state index < -0.39 is 0 Å². The van der Waals surface area contributed by atoms with Crippen molar-refractivity contribution in [3.8, 4) is 0 Å². The molecule has 0 saturated heterocycles. The molecule has 1 N–H and O–H groups in total. The van der Waals surface area contributed by atoms with Gasteiger partial charge in [0.1, 0.15) is 5.82 Å². The minimum absolute atomic E-state index is 0.329. The molecule has 3 heteroatoms. The smallest absolute Gasteiger partial charge is 0.128 e. The highest BCUT2D eigenvalue weighted by molar-refractivity contribution is 5.37. The summed E-state index contributed by atoms with van der Waals surface area (Å²) in [6, 6.07) is 5.84. The number of anilines is 1. The molecule has 0 spiro atoms. The van der Waals surface area contributed by atoms with Crippen molar-refractivity contribution < 1.29 is 5.11 Å². The second-order valence-corrected chi connectivity index (χ2v) is 3.43. The van der Waals surface area contributed by atoms with Crippen molar-refractivity contribution in [2.24, 2.45) is 0 Å². The molecule has 0 bridgehead atoms. The number of aliphatic hydroxyl groups excluding tert-OH is 1. The molecule has 72 valence electrons. The number of hydrogen-bond donors (Lipinski definition) is 1. The highest BCUT2D eigenvalue weighted by Crippen LogP contribution is 2.09. The number of pyridine rings is 1. The van der Waals surface area contributed by atoms with Gasteiger partial charge in [-0.3, -0.25) is 0 Å². The number of nitrogens with zero attached hydrogens (tertiary/aromatic N) is 2. The number of aliphatic hydroxyl groups is 1. The molecule has 1 aromatic heterocycles. The lowest BCUT2D eigenvalue weighted by atomic mass is 10.2. The fraction of sp³-hybridized carbons (Fsp3) is 0.500. The van der Waals surface area contributed by atoms with Crippen LogP contribution in [0, 0.1) is 0 Å². The Morgan fingerprint density at radius 1 is 1.46 bits per heavy atom. The molecule has 0 fully saturated rings. The first-order chi connectivity index (χ1) is 6.09. The zero-order valence-electron chi connectivity index (χ0n) is 8.36. The van der Waals surface area contributed by atoms with Crippen LogP contribution in [0.4, 0.5) is 5.82 Å². The van der Waals surface area contributed by atoms with E-state index >= 15 is 0 Å². The fourth-order valence-electron chi connectivity index (χ4n) is 1.13. The molecular formula is C10H16N2O. The molecule has 0 aliphatic carbocycles. The molecule has 0 aliphatic rings. The maximum absolute atomic E-state index is 9.18. The molecule has 1 unspecified atom stereocenters. The molecule has 1 rings (SSSR count). The van der Waals surface area contributed by atoms with Crippen molar-refractivity contribution in [3.05, 3.63) is 23.9 Å². The van der Waals surface area contributed by atoms with Gasteiger partial charge in [-0.05, 0) is 19.1 Å². The lowest BCUT2D eigenvalue weighted by molar-refractivity contribution is 0.194. The Labute approximate surface area is 79.0 Å². The van der Waals surface area contributed by atoms with E-state index in [2.05, 4.69) is 4.98 Å². The Morgan fingerprint density at radius 2 is 2.15 bits per heavy atom. The summed E-state index contributed by atoms with van der Waals surface area (Å²) in [5, 5.41) is 9.18. The van der Waals surface area contributed by atoms with Crippen LogP contribution < -0.4 is 4.90 Å². The summed E-state index contributed by atoms with van der Waals surface area (Å²) >= 11 is 0. The van der Waals surface area contributed by atoms with E-state index in [1.165, 1.54) is 0 Å². The minimum Gasteiger partial charge on any atom is -0.393 e. The van der Waals surface area contributed by atoms with Crippen molar-refractivity contribution in [2.45, 2.75) is 19.4 Å².